The molecule has 25 heavy (non-hydrogen) atoms. The van der Waals surface area contributed by atoms with Crippen molar-refractivity contribution in [2.24, 2.45) is 0 Å². The van der Waals surface area contributed by atoms with Crippen LogP contribution in [0.3, 0.4) is 0 Å². The molecule has 1 aromatic carbocycles. The van der Waals surface area contributed by atoms with E-state index in [1.807, 2.05) is 43.5 Å². The molecule has 0 saturated carbocycles. The summed E-state index contributed by atoms with van der Waals surface area (Å²) in [4.78, 5) is 13.3. The Balaban J connectivity index is 1.81. The molecule has 0 radical (unpaired) electrons. The number of aromatic nitrogens is 3. The van der Waals surface area contributed by atoms with E-state index in [4.69, 9.17) is 9.72 Å². The zero-order chi connectivity index (χ0) is 17.8. The van der Waals surface area contributed by atoms with E-state index in [0.717, 1.165) is 22.0 Å². The van der Waals surface area contributed by atoms with Crippen molar-refractivity contribution in [3.8, 4) is 22.4 Å². The summed E-state index contributed by atoms with van der Waals surface area (Å²) in [5.41, 5.74) is 3.19. The fourth-order valence-electron chi connectivity index (χ4n) is 2.37. The van der Waals surface area contributed by atoms with Crippen molar-refractivity contribution in [3.63, 3.8) is 0 Å². The summed E-state index contributed by atoms with van der Waals surface area (Å²) in [5.74, 6) is 2.13. The number of nitriles is 1. The van der Waals surface area contributed by atoms with Gasteiger partial charge in [0.25, 0.3) is 0 Å². The zero-order valence-corrected chi connectivity index (χ0v) is 15.7. The van der Waals surface area contributed by atoms with Crippen molar-refractivity contribution < 1.29 is 4.74 Å². The van der Waals surface area contributed by atoms with Crippen molar-refractivity contribution in [3.05, 3.63) is 52.4 Å². The van der Waals surface area contributed by atoms with Gasteiger partial charge in [-0.25, -0.2) is 15.0 Å². The molecule has 0 atom stereocenters. The molecule has 2 heterocycles. The Hall–Kier alpha value is -2.43. The summed E-state index contributed by atoms with van der Waals surface area (Å²) in [5, 5.41) is 13.0. The van der Waals surface area contributed by atoms with Gasteiger partial charge >= 0.3 is 0 Å². The van der Waals surface area contributed by atoms with Crippen LogP contribution in [0.2, 0.25) is 0 Å². The molecule has 126 valence electrons. The van der Waals surface area contributed by atoms with E-state index in [1.165, 1.54) is 11.8 Å². The summed E-state index contributed by atoms with van der Waals surface area (Å²) < 4.78 is 5.40. The van der Waals surface area contributed by atoms with Crippen LogP contribution in [0, 0.1) is 25.2 Å². The molecular weight excluding hydrogens is 352 g/mol. The van der Waals surface area contributed by atoms with E-state index in [-0.39, 0.29) is 0 Å². The average Bonchev–Trinajstić information content (AvgIpc) is 3.08. The number of methoxy groups -OCH3 is 1. The molecule has 0 unspecified atom stereocenters. The van der Waals surface area contributed by atoms with Gasteiger partial charge in [-0.2, -0.15) is 5.26 Å². The molecule has 0 N–H and O–H groups in total. The molecule has 0 aliphatic carbocycles. The molecule has 0 bridgehead atoms. The molecule has 0 fully saturated rings. The van der Waals surface area contributed by atoms with E-state index < -0.39 is 0 Å². The highest BCUT2D eigenvalue weighted by molar-refractivity contribution is 7.98. The predicted molar refractivity (Wildman–Crippen MR) is 99.9 cm³/mol. The van der Waals surface area contributed by atoms with Crippen LogP contribution in [0.1, 0.15) is 22.8 Å². The van der Waals surface area contributed by atoms with Crippen LogP contribution in [0.15, 0.2) is 34.7 Å². The first-order valence-corrected chi connectivity index (χ1v) is 9.45. The van der Waals surface area contributed by atoms with Gasteiger partial charge in [0.15, 0.2) is 0 Å². The number of rotatable bonds is 5. The van der Waals surface area contributed by atoms with Crippen molar-refractivity contribution in [2.45, 2.75) is 24.6 Å². The Kier molecular flexibility index (Phi) is 5.31. The van der Waals surface area contributed by atoms with Crippen molar-refractivity contribution >= 4 is 23.1 Å². The molecule has 7 heteroatoms. The minimum Gasteiger partial charge on any atom is -0.496 e. The van der Waals surface area contributed by atoms with Crippen LogP contribution < -0.4 is 4.74 Å². The third-order valence-electron chi connectivity index (χ3n) is 3.53. The second kappa shape index (κ2) is 7.64. The van der Waals surface area contributed by atoms with Crippen molar-refractivity contribution in [1.29, 1.82) is 5.26 Å². The van der Waals surface area contributed by atoms with E-state index in [2.05, 4.69) is 16.0 Å². The summed E-state index contributed by atoms with van der Waals surface area (Å²) in [7, 11) is 1.66. The first kappa shape index (κ1) is 17.4. The number of thiazole rings is 1. The Morgan fingerprint density at radius 3 is 2.76 bits per heavy atom. The molecule has 0 aliphatic rings. The first-order valence-electron chi connectivity index (χ1n) is 7.58. The van der Waals surface area contributed by atoms with Gasteiger partial charge in [-0.1, -0.05) is 23.9 Å². The smallest absolute Gasteiger partial charge is 0.129 e. The van der Waals surface area contributed by atoms with Gasteiger partial charge < -0.3 is 4.74 Å². The highest BCUT2D eigenvalue weighted by atomic mass is 32.2. The maximum Gasteiger partial charge on any atom is 0.129 e. The number of aryl methyl sites for hydroxylation is 2. The van der Waals surface area contributed by atoms with Crippen molar-refractivity contribution in [2.75, 3.05) is 7.11 Å². The number of benzene rings is 1. The minimum absolute atomic E-state index is 0.538. The number of ether oxygens (including phenoxy) is 1. The van der Waals surface area contributed by atoms with Crippen LogP contribution in [-0.2, 0) is 5.75 Å². The molecule has 3 rings (SSSR count). The molecule has 0 spiro atoms. The minimum atomic E-state index is 0.538. The fourth-order valence-corrected chi connectivity index (χ4v) is 4.30. The number of hydrogen-bond acceptors (Lipinski definition) is 7. The SMILES string of the molecule is COc1ccccc1-c1nc(CSc2nc(C)nc(C)c2C#N)cs1. The van der Waals surface area contributed by atoms with Gasteiger partial charge in [0, 0.05) is 11.1 Å². The van der Waals surface area contributed by atoms with E-state index >= 15 is 0 Å². The summed E-state index contributed by atoms with van der Waals surface area (Å²) in [6.07, 6.45) is 0. The van der Waals surface area contributed by atoms with Gasteiger partial charge in [-0.3, -0.25) is 0 Å². The third kappa shape index (κ3) is 3.81. The maximum absolute atomic E-state index is 9.33. The van der Waals surface area contributed by atoms with Gasteiger partial charge in [-0.05, 0) is 26.0 Å². The van der Waals surface area contributed by atoms with Crippen LogP contribution >= 0.6 is 23.1 Å². The number of hydrogen-bond donors (Lipinski definition) is 0. The van der Waals surface area contributed by atoms with E-state index in [0.29, 0.717) is 27.9 Å². The van der Waals surface area contributed by atoms with Gasteiger partial charge in [0.2, 0.25) is 0 Å². The zero-order valence-electron chi connectivity index (χ0n) is 14.1. The summed E-state index contributed by atoms with van der Waals surface area (Å²) in [6.45, 7) is 3.67. The van der Waals surface area contributed by atoms with Gasteiger partial charge in [-0.15, -0.1) is 11.3 Å². The lowest BCUT2D eigenvalue weighted by atomic mass is 10.2. The van der Waals surface area contributed by atoms with Gasteiger partial charge in [0.1, 0.15) is 33.2 Å². The number of nitrogens with zero attached hydrogens (tertiary/aromatic N) is 4. The normalized spacial score (nSPS) is 10.5. The molecular formula is C18H16N4OS2. The lowest BCUT2D eigenvalue weighted by Crippen LogP contribution is -1.99. The third-order valence-corrected chi connectivity index (χ3v) is 5.46. The molecule has 2 aromatic heterocycles. The second-order valence-electron chi connectivity index (χ2n) is 5.28. The highest BCUT2D eigenvalue weighted by Crippen LogP contribution is 2.33. The lowest BCUT2D eigenvalue weighted by molar-refractivity contribution is 0.416. The summed E-state index contributed by atoms with van der Waals surface area (Å²) in [6, 6.07) is 10.0. The first-order chi connectivity index (χ1) is 12.1. The molecule has 0 aliphatic heterocycles. The number of thioether (sulfide) groups is 1. The molecule has 3 aromatic rings. The van der Waals surface area contributed by atoms with E-state index in [9.17, 15) is 5.26 Å². The standard InChI is InChI=1S/C18H16N4OS2/c1-11-15(8-19)18(21-12(2)20-11)25-10-13-9-24-17(22-13)14-6-4-5-7-16(14)23-3/h4-7,9H,10H2,1-3H3. The number of para-hydroxylation sites is 1. The van der Waals surface area contributed by atoms with Crippen molar-refractivity contribution in [1.82, 2.24) is 15.0 Å². The van der Waals surface area contributed by atoms with Crippen LogP contribution in [0.25, 0.3) is 10.6 Å². The Morgan fingerprint density at radius 2 is 2.00 bits per heavy atom. The summed E-state index contributed by atoms with van der Waals surface area (Å²) >= 11 is 3.09. The average molecular weight is 368 g/mol. The highest BCUT2D eigenvalue weighted by Gasteiger charge is 2.13. The van der Waals surface area contributed by atoms with E-state index in [1.54, 1.807) is 18.4 Å². The molecule has 0 amide bonds. The van der Waals surface area contributed by atoms with Crippen LogP contribution in [-0.4, -0.2) is 22.1 Å². The Morgan fingerprint density at radius 1 is 1.20 bits per heavy atom. The van der Waals surface area contributed by atoms with Crippen LogP contribution in [0.4, 0.5) is 0 Å². The fraction of sp³-hybridized carbons (Fsp3) is 0.222. The Labute approximate surface area is 154 Å². The Bertz CT molecular complexity index is 946. The second-order valence-corrected chi connectivity index (χ2v) is 7.10. The topological polar surface area (TPSA) is 71.7 Å². The predicted octanol–water partition coefficient (Wildman–Crippen LogP) is 4.39. The van der Waals surface area contributed by atoms with Gasteiger partial charge in [0.05, 0.1) is 24.1 Å². The van der Waals surface area contributed by atoms with Crippen LogP contribution in [0.5, 0.6) is 5.75 Å². The lowest BCUT2D eigenvalue weighted by Gasteiger charge is -2.06. The quantitative estimate of drug-likeness (QED) is 0.491. The molecule has 0 saturated heterocycles. The monoisotopic (exact) mass is 368 g/mol. The molecule has 5 nitrogen and oxygen atoms in total. The largest absolute Gasteiger partial charge is 0.496 e. The maximum atomic E-state index is 9.33.